The third-order valence-corrected chi connectivity index (χ3v) is 5.55. The highest BCUT2D eigenvalue weighted by Crippen LogP contribution is 2.25. The Labute approximate surface area is 125 Å². The lowest BCUT2D eigenvalue weighted by Gasteiger charge is -2.26. The van der Waals surface area contributed by atoms with E-state index in [0.717, 1.165) is 0 Å². The fourth-order valence-electron chi connectivity index (χ4n) is 2.10. The summed E-state index contributed by atoms with van der Waals surface area (Å²) in [6.45, 7) is 6.40. The van der Waals surface area contributed by atoms with Crippen molar-refractivity contribution in [2.45, 2.75) is 38.6 Å². The summed E-state index contributed by atoms with van der Waals surface area (Å²) in [7, 11) is -3.86. The lowest BCUT2D eigenvalue weighted by atomic mass is 10.1. The number of carboxylic acid groups (broad SMARTS) is 1. The van der Waals surface area contributed by atoms with E-state index >= 15 is 0 Å². The van der Waals surface area contributed by atoms with Crippen LogP contribution in [0.3, 0.4) is 0 Å². The lowest BCUT2D eigenvalue weighted by Crippen LogP contribution is -2.39. The molecule has 0 aliphatic rings. The molecule has 2 N–H and O–H groups in total. The molecule has 6 nitrogen and oxygen atoms in total. The van der Waals surface area contributed by atoms with Crippen molar-refractivity contribution in [2.24, 2.45) is 0 Å². The lowest BCUT2D eigenvalue weighted by molar-refractivity contribution is 0.0696. The van der Waals surface area contributed by atoms with E-state index in [1.165, 1.54) is 16.4 Å². The first kappa shape index (κ1) is 17.6. The summed E-state index contributed by atoms with van der Waals surface area (Å²) in [6, 6.07) is 2.28. The van der Waals surface area contributed by atoms with Crippen molar-refractivity contribution in [2.75, 3.05) is 13.2 Å². The molecule has 0 saturated heterocycles. The van der Waals surface area contributed by atoms with Gasteiger partial charge in [0.05, 0.1) is 17.1 Å². The number of benzene rings is 1. The SMILES string of the molecule is Cc1cc(C(=O)O)cc(S(=O)(=O)N(CCO)C(C)C)c1C. The Hall–Kier alpha value is -1.44. The van der Waals surface area contributed by atoms with Gasteiger partial charge in [-0.25, -0.2) is 13.2 Å². The second kappa shape index (κ2) is 6.55. The Morgan fingerprint density at radius 2 is 1.86 bits per heavy atom. The number of sulfonamides is 1. The molecule has 0 amide bonds. The molecule has 1 aromatic carbocycles. The Balaban J connectivity index is 3.53. The molecule has 0 aromatic heterocycles. The van der Waals surface area contributed by atoms with Crippen LogP contribution in [0.5, 0.6) is 0 Å². The molecule has 0 saturated carbocycles. The third-order valence-electron chi connectivity index (χ3n) is 3.35. The van der Waals surface area contributed by atoms with Crippen molar-refractivity contribution < 1.29 is 23.4 Å². The number of carboxylic acids is 1. The van der Waals surface area contributed by atoms with Gasteiger partial charge in [0.15, 0.2) is 0 Å². The largest absolute Gasteiger partial charge is 0.478 e. The summed E-state index contributed by atoms with van der Waals surface area (Å²) in [5.41, 5.74) is 1.05. The maximum Gasteiger partial charge on any atom is 0.335 e. The van der Waals surface area contributed by atoms with Crippen LogP contribution in [0, 0.1) is 13.8 Å². The normalized spacial score (nSPS) is 12.1. The summed E-state index contributed by atoms with van der Waals surface area (Å²) in [5, 5.41) is 18.2. The Morgan fingerprint density at radius 3 is 2.29 bits per heavy atom. The fraction of sp³-hybridized carbons (Fsp3) is 0.500. The first-order valence-corrected chi connectivity index (χ1v) is 8.04. The van der Waals surface area contributed by atoms with Crippen molar-refractivity contribution >= 4 is 16.0 Å². The molecule has 1 rings (SSSR count). The van der Waals surface area contributed by atoms with Gasteiger partial charge in [-0.2, -0.15) is 4.31 Å². The standard InChI is InChI=1S/C14H21NO5S/c1-9(2)15(5-6-16)21(19,20)13-8-12(14(17)18)7-10(3)11(13)4/h7-9,16H,5-6H2,1-4H3,(H,17,18). The number of rotatable bonds is 6. The van der Waals surface area contributed by atoms with Crippen molar-refractivity contribution in [1.82, 2.24) is 4.31 Å². The minimum absolute atomic E-state index is 0.0259. The van der Waals surface area contributed by atoms with Gasteiger partial charge in [0, 0.05) is 12.6 Å². The number of carbonyl (C=O) groups is 1. The van der Waals surface area contributed by atoms with E-state index in [2.05, 4.69) is 0 Å². The maximum absolute atomic E-state index is 12.7. The molecule has 118 valence electrons. The number of aliphatic hydroxyl groups is 1. The summed E-state index contributed by atoms with van der Waals surface area (Å²) in [4.78, 5) is 11.1. The second-order valence-electron chi connectivity index (χ2n) is 5.15. The monoisotopic (exact) mass is 315 g/mol. The van der Waals surface area contributed by atoms with Crippen LogP contribution in [0.4, 0.5) is 0 Å². The quantitative estimate of drug-likeness (QED) is 0.827. The highest BCUT2D eigenvalue weighted by Gasteiger charge is 2.29. The predicted octanol–water partition coefficient (Wildman–Crippen LogP) is 1.39. The Bertz CT molecular complexity index is 637. The molecule has 0 aliphatic heterocycles. The van der Waals surface area contributed by atoms with Crippen molar-refractivity contribution in [3.8, 4) is 0 Å². The highest BCUT2D eigenvalue weighted by atomic mass is 32.2. The molecule has 0 bridgehead atoms. The number of nitrogens with zero attached hydrogens (tertiary/aromatic N) is 1. The van der Waals surface area contributed by atoms with Crippen LogP contribution < -0.4 is 0 Å². The molecule has 0 unspecified atom stereocenters. The minimum atomic E-state index is -3.86. The molecule has 7 heteroatoms. The molecule has 21 heavy (non-hydrogen) atoms. The number of aromatic carboxylic acids is 1. The zero-order chi connectivity index (χ0) is 16.4. The summed E-state index contributed by atoms with van der Waals surface area (Å²) in [5.74, 6) is -1.17. The minimum Gasteiger partial charge on any atom is -0.478 e. The molecular weight excluding hydrogens is 294 g/mol. The van der Waals surface area contributed by atoms with Gasteiger partial charge in [-0.1, -0.05) is 0 Å². The smallest absolute Gasteiger partial charge is 0.335 e. The van der Waals surface area contributed by atoms with E-state index in [-0.39, 0.29) is 29.7 Å². The third kappa shape index (κ3) is 3.61. The van der Waals surface area contributed by atoms with Gasteiger partial charge in [0.1, 0.15) is 0 Å². The van der Waals surface area contributed by atoms with E-state index in [0.29, 0.717) is 11.1 Å². The first-order valence-electron chi connectivity index (χ1n) is 6.60. The van der Waals surface area contributed by atoms with Crippen LogP contribution in [0.15, 0.2) is 17.0 Å². The van der Waals surface area contributed by atoms with Crippen LogP contribution in [0.2, 0.25) is 0 Å². The topological polar surface area (TPSA) is 94.9 Å². The van der Waals surface area contributed by atoms with Crippen molar-refractivity contribution in [1.29, 1.82) is 0 Å². The molecule has 0 spiro atoms. The Morgan fingerprint density at radius 1 is 1.29 bits per heavy atom. The molecule has 0 heterocycles. The summed E-state index contributed by atoms with van der Waals surface area (Å²) >= 11 is 0. The van der Waals surface area contributed by atoms with Gasteiger partial charge in [0.2, 0.25) is 10.0 Å². The molecule has 0 radical (unpaired) electrons. The molecule has 1 aromatic rings. The highest BCUT2D eigenvalue weighted by molar-refractivity contribution is 7.89. The summed E-state index contributed by atoms with van der Waals surface area (Å²) in [6.07, 6.45) is 0. The maximum atomic E-state index is 12.7. The average Bonchev–Trinajstić information content (AvgIpc) is 2.37. The molecule has 0 aliphatic carbocycles. The number of hydrogen-bond donors (Lipinski definition) is 2. The number of hydrogen-bond acceptors (Lipinski definition) is 4. The van der Waals surface area contributed by atoms with E-state index in [1.54, 1.807) is 27.7 Å². The predicted molar refractivity (Wildman–Crippen MR) is 79.0 cm³/mol. The van der Waals surface area contributed by atoms with Gasteiger partial charge in [-0.05, 0) is 51.0 Å². The van der Waals surface area contributed by atoms with Crippen LogP contribution in [0.1, 0.15) is 35.3 Å². The van der Waals surface area contributed by atoms with E-state index in [4.69, 9.17) is 10.2 Å². The van der Waals surface area contributed by atoms with Crippen LogP contribution >= 0.6 is 0 Å². The van der Waals surface area contributed by atoms with Crippen molar-refractivity contribution in [3.05, 3.63) is 28.8 Å². The molecular formula is C14H21NO5S. The number of aliphatic hydroxyl groups excluding tert-OH is 1. The van der Waals surface area contributed by atoms with Gasteiger partial charge in [-0.3, -0.25) is 0 Å². The van der Waals surface area contributed by atoms with E-state index in [9.17, 15) is 13.2 Å². The first-order chi connectivity index (χ1) is 9.62. The van der Waals surface area contributed by atoms with Crippen LogP contribution in [-0.4, -0.2) is 48.1 Å². The zero-order valence-electron chi connectivity index (χ0n) is 12.6. The van der Waals surface area contributed by atoms with Gasteiger partial charge < -0.3 is 10.2 Å². The molecule has 0 atom stereocenters. The summed E-state index contributed by atoms with van der Waals surface area (Å²) < 4.78 is 26.6. The number of aryl methyl sites for hydroxylation is 1. The van der Waals surface area contributed by atoms with Crippen molar-refractivity contribution in [3.63, 3.8) is 0 Å². The fourth-order valence-corrected chi connectivity index (χ4v) is 4.05. The van der Waals surface area contributed by atoms with Gasteiger partial charge in [0.25, 0.3) is 0 Å². The van der Waals surface area contributed by atoms with Gasteiger partial charge >= 0.3 is 5.97 Å². The van der Waals surface area contributed by atoms with Gasteiger partial charge in [-0.15, -0.1) is 0 Å². The second-order valence-corrected chi connectivity index (χ2v) is 7.01. The van der Waals surface area contributed by atoms with Crippen LogP contribution in [-0.2, 0) is 10.0 Å². The molecule has 0 fully saturated rings. The van der Waals surface area contributed by atoms with Crippen LogP contribution in [0.25, 0.3) is 0 Å². The average molecular weight is 315 g/mol. The zero-order valence-corrected chi connectivity index (χ0v) is 13.4. The van der Waals surface area contributed by atoms with E-state index < -0.39 is 16.0 Å². The van der Waals surface area contributed by atoms with E-state index in [1.807, 2.05) is 0 Å². The Kier molecular flexibility index (Phi) is 5.49.